The maximum absolute atomic E-state index is 13.1. The van der Waals surface area contributed by atoms with E-state index in [9.17, 15) is 4.79 Å². The van der Waals surface area contributed by atoms with Gasteiger partial charge in [0.05, 0.1) is 26.2 Å². The first-order valence-electron chi connectivity index (χ1n) is 8.88. The molecule has 4 rings (SSSR count). The van der Waals surface area contributed by atoms with Crippen LogP contribution < -0.4 is 4.90 Å². The Balaban J connectivity index is 1.47. The van der Waals surface area contributed by atoms with Crippen LogP contribution in [0.15, 0.2) is 51.7 Å². The molecular formula is C20H22N3O2S+. The van der Waals surface area contributed by atoms with Gasteiger partial charge in [0.25, 0.3) is 5.91 Å². The normalized spacial score (nSPS) is 15.3. The van der Waals surface area contributed by atoms with Crippen molar-refractivity contribution >= 4 is 17.2 Å². The number of piperazine rings is 1. The summed E-state index contributed by atoms with van der Waals surface area (Å²) >= 11 is 1.74. The first kappa shape index (κ1) is 17.0. The lowest BCUT2D eigenvalue weighted by atomic mass is 10.0. The monoisotopic (exact) mass is 368 g/mol. The number of nitrogens with zero attached hydrogens (tertiary/aromatic N) is 2. The lowest BCUT2D eigenvalue weighted by Crippen LogP contribution is -3.13. The SMILES string of the molecule is Cc1onc(-c2ccccc2)c1C(=O)N1CC[NH+](Cc2ccsc2)CC1. The fourth-order valence-corrected chi connectivity index (χ4v) is 4.13. The molecule has 0 saturated carbocycles. The van der Waals surface area contributed by atoms with E-state index in [0.717, 1.165) is 38.3 Å². The standard InChI is InChI=1S/C20H21N3O2S/c1-15-18(19(21-25-15)17-5-3-2-4-6-17)20(24)23-10-8-22(9-11-23)13-16-7-12-26-14-16/h2-7,12,14H,8-11,13H2,1H3/p+1. The van der Waals surface area contributed by atoms with Crippen LogP contribution in [0.1, 0.15) is 21.7 Å². The summed E-state index contributed by atoms with van der Waals surface area (Å²) in [6, 6.07) is 11.9. The zero-order valence-corrected chi connectivity index (χ0v) is 15.6. The van der Waals surface area contributed by atoms with Gasteiger partial charge >= 0.3 is 0 Å². The van der Waals surface area contributed by atoms with Crippen molar-refractivity contribution in [2.24, 2.45) is 0 Å². The van der Waals surface area contributed by atoms with Gasteiger partial charge in [-0.05, 0) is 23.8 Å². The van der Waals surface area contributed by atoms with Gasteiger partial charge in [0.15, 0.2) is 0 Å². The highest BCUT2D eigenvalue weighted by molar-refractivity contribution is 7.07. The minimum absolute atomic E-state index is 0.0252. The quantitative estimate of drug-likeness (QED) is 0.769. The van der Waals surface area contributed by atoms with Crippen LogP contribution in [0.25, 0.3) is 11.3 Å². The van der Waals surface area contributed by atoms with E-state index in [1.54, 1.807) is 11.3 Å². The summed E-state index contributed by atoms with van der Waals surface area (Å²) in [5, 5.41) is 8.47. The zero-order chi connectivity index (χ0) is 17.9. The van der Waals surface area contributed by atoms with Crippen LogP contribution in [0.3, 0.4) is 0 Å². The Bertz CT molecular complexity index is 866. The molecule has 0 atom stereocenters. The lowest BCUT2D eigenvalue weighted by Gasteiger charge is -2.32. The van der Waals surface area contributed by atoms with Crippen molar-refractivity contribution in [3.05, 3.63) is 64.0 Å². The second-order valence-electron chi connectivity index (χ2n) is 6.68. The molecule has 0 bridgehead atoms. The molecule has 1 aliphatic rings. The predicted octanol–water partition coefficient (Wildman–Crippen LogP) is 2.25. The summed E-state index contributed by atoms with van der Waals surface area (Å²) < 4.78 is 5.35. The van der Waals surface area contributed by atoms with Crippen LogP contribution in [0.2, 0.25) is 0 Å². The van der Waals surface area contributed by atoms with Gasteiger partial charge in [0.2, 0.25) is 0 Å². The van der Waals surface area contributed by atoms with Crippen molar-refractivity contribution in [2.45, 2.75) is 13.5 Å². The number of quaternary nitrogens is 1. The van der Waals surface area contributed by atoms with Crippen LogP contribution >= 0.6 is 11.3 Å². The second-order valence-corrected chi connectivity index (χ2v) is 7.46. The Morgan fingerprint density at radius 2 is 2.00 bits per heavy atom. The maximum atomic E-state index is 13.1. The van der Waals surface area contributed by atoms with E-state index >= 15 is 0 Å². The molecule has 3 heterocycles. The van der Waals surface area contributed by atoms with Gasteiger partial charge in [-0.2, -0.15) is 11.3 Å². The van der Waals surface area contributed by atoms with Crippen molar-refractivity contribution in [3.8, 4) is 11.3 Å². The summed E-state index contributed by atoms with van der Waals surface area (Å²) in [7, 11) is 0. The molecule has 0 spiro atoms. The molecule has 0 radical (unpaired) electrons. The summed E-state index contributed by atoms with van der Waals surface area (Å²) in [6.45, 7) is 6.30. The van der Waals surface area contributed by atoms with Gasteiger partial charge in [-0.15, -0.1) is 0 Å². The molecule has 26 heavy (non-hydrogen) atoms. The molecule has 1 fully saturated rings. The highest BCUT2D eigenvalue weighted by Gasteiger charge is 2.29. The number of nitrogens with one attached hydrogen (secondary N) is 1. The van der Waals surface area contributed by atoms with E-state index in [-0.39, 0.29) is 5.91 Å². The molecule has 134 valence electrons. The molecule has 5 nitrogen and oxygen atoms in total. The number of aryl methyl sites for hydroxylation is 1. The number of carbonyl (C=O) groups excluding carboxylic acids is 1. The van der Waals surface area contributed by atoms with Crippen molar-refractivity contribution in [2.75, 3.05) is 26.2 Å². The highest BCUT2D eigenvalue weighted by atomic mass is 32.1. The molecule has 1 amide bonds. The Morgan fingerprint density at radius 3 is 2.69 bits per heavy atom. The van der Waals surface area contributed by atoms with E-state index in [1.165, 1.54) is 10.5 Å². The Hall–Kier alpha value is -2.44. The smallest absolute Gasteiger partial charge is 0.260 e. The molecule has 1 saturated heterocycles. The van der Waals surface area contributed by atoms with Gasteiger partial charge in [-0.3, -0.25) is 4.79 Å². The van der Waals surface area contributed by atoms with Crippen LogP contribution in [0.5, 0.6) is 0 Å². The van der Waals surface area contributed by atoms with Gasteiger partial charge in [-0.1, -0.05) is 35.5 Å². The largest absolute Gasteiger partial charge is 0.360 e. The topological polar surface area (TPSA) is 50.8 Å². The fourth-order valence-electron chi connectivity index (χ4n) is 3.46. The van der Waals surface area contributed by atoms with Crippen LogP contribution in [0.4, 0.5) is 0 Å². The molecule has 3 aromatic rings. The van der Waals surface area contributed by atoms with E-state index in [4.69, 9.17) is 4.52 Å². The molecule has 2 aromatic heterocycles. The summed E-state index contributed by atoms with van der Waals surface area (Å²) in [4.78, 5) is 16.6. The van der Waals surface area contributed by atoms with E-state index < -0.39 is 0 Å². The van der Waals surface area contributed by atoms with Crippen LogP contribution in [-0.2, 0) is 6.54 Å². The Kier molecular flexibility index (Phi) is 4.86. The first-order chi connectivity index (χ1) is 12.7. The van der Waals surface area contributed by atoms with Crippen LogP contribution in [-0.4, -0.2) is 42.1 Å². The minimum Gasteiger partial charge on any atom is -0.360 e. The fraction of sp³-hybridized carbons (Fsp3) is 0.300. The maximum Gasteiger partial charge on any atom is 0.260 e. The number of rotatable bonds is 4. The number of aromatic nitrogens is 1. The summed E-state index contributed by atoms with van der Waals surface area (Å²) in [5.74, 6) is 0.610. The molecule has 1 aromatic carbocycles. The summed E-state index contributed by atoms with van der Waals surface area (Å²) in [5.41, 5.74) is 3.53. The molecule has 6 heteroatoms. The van der Waals surface area contributed by atoms with Crippen molar-refractivity contribution in [1.29, 1.82) is 0 Å². The van der Waals surface area contributed by atoms with Crippen LogP contribution in [0, 0.1) is 6.92 Å². The highest BCUT2D eigenvalue weighted by Crippen LogP contribution is 2.26. The van der Waals surface area contributed by atoms with E-state index in [1.807, 2.05) is 42.2 Å². The minimum atomic E-state index is 0.0252. The Morgan fingerprint density at radius 1 is 1.23 bits per heavy atom. The van der Waals surface area contributed by atoms with Gasteiger partial charge in [0.1, 0.15) is 23.6 Å². The zero-order valence-electron chi connectivity index (χ0n) is 14.8. The number of hydrogen-bond acceptors (Lipinski definition) is 4. The van der Waals surface area contributed by atoms with Gasteiger partial charge < -0.3 is 14.3 Å². The summed E-state index contributed by atoms with van der Waals surface area (Å²) in [6.07, 6.45) is 0. The van der Waals surface area contributed by atoms with E-state index in [0.29, 0.717) is 17.0 Å². The Labute approximate surface area is 156 Å². The number of benzene rings is 1. The number of thiophene rings is 1. The van der Waals surface area contributed by atoms with E-state index in [2.05, 4.69) is 22.0 Å². The first-order valence-corrected chi connectivity index (χ1v) is 9.82. The van der Waals surface area contributed by atoms with Crippen molar-refractivity contribution < 1.29 is 14.2 Å². The third-order valence-corrected chi connectivity index (χ3v) is 5.65. The lowest BCUT2D eigenvalue weighted by molar-refractivity contribution is -0.917. The average Bonchev–Trinajstić information content (AvgIpc) is 3.32. The molecule has 1 N–H and O–H groups in total. The second kappa shape index (κ2) is 7.43. The van der Waals surface area contributed by atoms with Crippen molar-refractivity contribution in [1.82, 2.24) is 10.1 Å². The third-order valence-electron chi connectivity index (χ3n) is 4.92. The number of amides is 1. The van der Waals surface area contributed by atoms with Gasteiger partial charge in [-0.25, -0.2) is 0 Å². The molecule has 0 unspecified atom stereocenters. The predicted molar refractivity (Wildman–Crippen MR) is 101 cm³/mol. The number of hydrogen-bond donors (Lipinski definition) is 1. The average molecular weight is 368 g/mol. The van der Waals surface area contributed by atoms with Crippen molar-refractivity contribution in [3.63, 3.8) is 0 Å². The molecule has 1 aliphatic heterocycles. The third kappa shape index (κ3) is 3.43. The molecule has 0 aliphatic carbocycles. The number of carbonyl (C=O) groups is 1. The molecular weight excluding hydrogens is 346 g/mol. The van der Waals surface area contributed by atoms with Gasteiger partial charge in [0, 0.05) is 11.1 Å².